The van der Waals surface area contributed by atoms with Crippen LogP contribution in [0.15, 0.2) is 0 Å². The van der Waals surface area contributed by atoms with Gasteiger partial charge in [-0.25, -0.2) is 0 Å². The van der Waals surface area contributed by atoms with Gasteiger partial charge in [0.1, 0.15) is 0 Å². The maximum Gasteiger partial charge on any atom is 0.0386 e. The van der Waals surface area contributed by atoms with E-state index >= 15 is 0 Å². The van der Waals surface area contributed by atoms with Crippen LogP contribution in [0.4, 0.5) is 0 Å². The molecular weight excluding hydrogens is 182 g/mol. The summed E-state index contributed by atoms with van der Waals surface area (Å²) in [6.07, 6.45) is 2.45. The lowest BCUT2D eigenvalue weighted by Crippen LogP contribution is -2.41. The highest BCUT2D eigenvalue weighted by atomic mass is 35.5. The van der Waals surface area contributed by atoms with Crippen molar-refractivity contribution in [2.45, 2.75) is 39.0 Å². The van der Waals surface area contributed by atoms with Crippen molar-refractivity contribution in [3.05, 3.63) is 0 Å². The highest BCUT2D eigenvalue weighted by Crippen LogP contribution is 2.22. The van der Waals surface area contributed by atoms with Gasteiger partial charge in [-0.1, -0.05) is 27.2 Å². The quantitative estimate of drug-likeness (QED) is 0.638. The van der Waals surface area contributed by atoms with Gasteiger partial charge in [0, 0.05) is 18.5 Å². The van der Waals surface area contributed by atoms with Gasteiger partial charge in [-0.15, -0.1) is 11.6 Å². The summed E-state index contributed by atoms with van der Waals surface area (Å²) >= 11 is 6.18. The molecule has 1 rings (SSSR count). The third-order valence-corrected chi connectivity index (χ3v) is 3.80. The van der Waals surface area contributed by atoms with Crippen LogP contribution >= 0.6 is 11.6 Å². The number of nitrogens with zero attached hydrogens (tertiary/aromatic N) is 1. The molecule has 0 saturated carbocycles. The standard InChI is InChI=1S/C11H22ClN/c1-4-9(2)7-13-6-5-11(12)10(3)8-13/h9-11H,4-8H2,1-3H3. The van der Waals surface area contributed by atoms with Gasteiger partial charge in [-0.05, 0) is 24.8 Å². The molecule has 0 aromatic heterocycles. The van der Waals surface area contributed by atoms with E-state index < -0.39 is 0 Å². The van der Waals surface area contributed by atoms with Crippen LogP contribution in [0, 0.1) is 11.8 Å². The lowest BCUT2D eigenvalue weighted by molar-refractivity contribution is 0.164. The molecule has 2 heteroatoms. The summed E-state index contributed by atoms with van der Waals surface area (Å²) in [7, 11) is 0. The van der Waals surface area contributed by atoms with Crippen molar-refractivity contribution in [3.63, 3.8) is 0 Å². The largest absolute Gasteiger partial charge is 0.303 e. The Morgan fingerprint density at radius 1 is 1.54 bits per heavy atom. The second-order valence-electron chi connectivity index (χ2n) is 4.55. The third-order valence-electron chi connectivity index (χ3n) is 3.15. The molecule has 1 heterocycles. The van der Waals surface area contributed by atoms with Gasteiger partial charge in [0.2, 0.25) is 0 Å². The van der Waals surface area contributed by atoms with Crippen molar-refractivity contribution in [1.82, 2.24) is 4.90 Å². The molecular formula is C11H22ClN. The molecule has 3 unspecified atom stereocenters. The Morgan fingerprint density at radius 3 is 2.77 bits per heavy atom. The fraction of sp³-hybridized carbons (Fsp3) is 1.00. The van der Waals surface area contributed by atoms with Gasteiger partial charge in [-0.3, -0.25) is 0 Å². The first-order valence-electron chi connectivity index (χ1n) is 5.50. The highest BCUT2D eigenvalue weighted by molar-refractivity contribution is 6.20. The van der Waals surface area contributed by atoms with Crippen molar-refractivity contribution < 1.29 is 0 Å². The van der Waals surface area contributed by atoms with E-state index in [-0.39, 0.29) is 0 Å². The maximum absolute atomic E-state index is 6.18. The van der Waals surface area contributed by atoms with Gasteiger partial charge in [-0.2, -0.15) is 0 Å². The van der Waals surface area contributed by atoms with Gasteiger partial charge in [0.25, 0.3) is 0 Å². The van der Waals surface area contributed by atoms with Crippen LogP contribution in [0.2, 0.25) is 0 Å². The molecule has 0 N–H and O–H groups in total. The molecule has 0 amide bonds. The molecule has 0 radical (unpaired) electrons. The predicted molar refractivity (Wildman–Crippen MR) is 59.3 cm³/mol. The second-order valence-corrected chi connectivity index (χ2v) is 5.12. The number of alkyl halides is 1. The summed E-state index contributed by atoms with van der Waals surface area (Å²) in [6, 6.07) is 0. The molecule has 1 saturated heterocycles. The van der Waals surface area contributed by atoms with Crippen LogP contribution in [-0.4, -0.2) is 29.9 Å². The number of hydrogen-bond donors (Lipinski definition) is 0. The molecule has 1 fully saturated rings. The van der Waals surface area contributed by atoms with Crippen molar-refractivity contribution in [2.24, 2.45) is 11.8 Å². The fourth-order valence-corrected chi connectivity index (χ4v) is 2.12. The number of likely N-dealkylation sites (tertiary alicyclic amines) is 1. The molecule has 78 valence electrons. The van der Waals surface area contributed by atoms with Crippen LogP contribution in [0.5, 0.6) is 0 Å². The van der Waals surface area contributed by atoms with Crippen molar-refractivity contribution in [3.8, 4) is 0 Å². The van der Waals surface area contributed by atoms with E-state index in [0.29, 0.717) is 11.3 Å². The average Bonchev–Trinajstić information content (AvgIpc) is 2.11. The van der Waals surface area contributed by atoms with Crippen LogP contribution in [0.1, 0.15) is 33.6 Å². The Kier molecular flexibility index (Phi) is 4.54. The first kappa shape index (κ1) is 11.3. The minimum absolute atomic E-state index is 0.410. The first-order valence-corrected chi connectivity index (χ1v) is 5.93. The Bertz CT molecular complexity index is 147. The maximum atomic E-state index is 6.18. The first-order chi connectivity index (χ1) is 6.13. The molecule has 1 nitrogen and oxygen atoms in total. The summed E-state index contributed by atoms with van der Waals surface area (Å²) in [5.41, 5.74) is 0. The number of rotatable bonds is 3. The minimum atomic E-state index is 0.410. The summed E-state index contributed by atoms with van der Waals surface area (Å²) in [5.74, 6) is 1.50. The molecule has 3 atom stereocenters. The van der Waals surface area contributed by atoms with Gasteiger partial charge >= 0.3 is 0 Å². The van der Waals surface area contributed by atoms with E-state index in [0.717, 1.165) is 5.92 Å². The highest BCUT2D eigenvalue weighted by Gasteiger charge is 2.24. The number of piperidine rings is 1. The summed E-state index contributed by atoms with van der Waals surface area (Å²) in [6.45, 7) is 10.5. The van der Waals surface area contributed by atoms with Gasteiger partial charge in [0.15, 0.2) is 0 Å². The normalized spacial score (nSPS) is 33.2. The molecule has 0 aromatic carbocycles. The lowest BCUT2D eigenvalue weighted by Gasteiger charge is -2.35. The van der Waals surface area contributed by atoms with Crippen molar-refractivity contribution in [2.75, 3.05) is 19.6 Å². The van der Waals surface area contributed by atoms with Crippen LogP contribution in [0.25, 0.3) is 0 Å². The van der Waals surface area contributed by atoms with Gasteiger partial charge < -0.3 is 4.90 Å². The van der Waals surface area contributed by atoms with E-state index in [1.807, 2.05) is 0 Å². The van der Waals surface area contributed by atoms with E-state index in [1.54, 1.807) is 0 Å². The van der Waals surface area contributed by atoms with Crippen molar-refractivity contribution in [1.29, 1.82) is 0 Å². The Balaban J connectivity index is 2.29. The molecule has 0 spiro atoms. The third kappa shape index (κ3) is 3.47. The van der Waals surface area contributed by atoms with Crippen molar-refractivity contribution >= 4 is 11.6 Å². The van der Waals surface area contributed by atoms with E-state index in [4.69, 9.17) is 11.6 Å². The molecule has 0 aromatic rings. The second kappa shape index (κ2) is 5.21. The molecule has 1 aliphatic rings. The van der Waals surface area contributed by atoms with Crippen LogP contribution < -0.4 is 0 Å². The van der Waals surface area contributed by atoms with Crippen LogP contribution in [0.3, 0.4) is 0 Å². The molecule has 1 aliphatic heterocycles. The summed E-state index contributed by atoms with van der Waals surface area (Å²) in [4.78, 5) is 2.57. The monoisotopic (exact) mass is 203 g/mol. The van der Waals surface area contributed by atoms with Crippen LogP contribution in [-0.2, 0) is 0 Å². The molecule has 13 heavy (non-hydrogen) atoms. The minimum Gasteiger partial charge on any atom is -0.303 e. The summed E-state index contributed by atoms with van der Waals surface area (Å²) < 4.78 is 0. The zero-order valence-corrected chi connectivity index (χ0v) is 9.85. The molecule has 0 aliphatic carbocycles. The smallest absolute Gasteiger partial charge is 0.0386 e. The Morgan fingerprint density at radius 2 is 2.23 bits per heavy atom. The van der Waals surface area contributed by atoms with Gasteiger partial charge in [0.05, 0.1) is 0 Å². The topological polar surface area (TPSA) is 3.24 Å². The SMILES string of the molecule is CCC(C)CN1CCC(Cl)C(C)C1. The fourth-order valence-electron chi connectivity index (χ4n) is 1.94. The lowest BCUT2D eigenvalue weighted by atomic mass is 9.98. The zero-order chi connectivity index (χ0) is 9.84. The number of halogens is 1. The van der Waals surface area contributed by atoms with E-state index in [2.05, 4.69) is 25.7 Å². The van der Waals surface area contributed by atoms with E-state index in [1.165, 1.54) is 32.5 Å². The zero-order valence-electron chi connectivity index (χ0n) is 9.09. The summed E-state index contributed by atoms with van der Waals surface area (Å²) in [5, 5.41) is 0.410. The average molecular weight is 204 g/mol. The number of hydrogen-bond acceptors (Lipinski definition) is 1. The van der Waals surface area contributed by atoms with E-state index in [9.17, 15) is 0 Å². The Hall–Kier alpha value is 0.250. The molecule has 0 bridgehead atoms. The predicted octanol–water partition coefficient (Wildman–Crippen LogP) is 2.98. The Labute approximate surface area is 87.4 Å².